The van der Waals surface area contributed by atoms with E-state index in [9.17, 15) is 18.8 Å². The monoisotopic (exact) mass is 361 g/mol. The van der Waals surface area contributed by atoms with Crippen LogP contribution in [-0.4, -0.2) is 47.3 Å². The van der Waals surface area contributed by atoms with Crippen LogP contribution in [0.3, 0.4) is 0 Å². The second-order valence-electron chi connectivity index (χ2n) is 7.44. The molecule has 1 aromatic carbocycles. The first-order chi connectivity index (χ1) is 12.3. The van der Waals surface area contributed by atoms with Crippen molar-refractivity contribution in [3.63, 3.8) is 0 Å². The predicted molar refractivity (Wildman–Crippen MR) is 93.8 cm³/mol. The number of amides is 3. The molecular weight excluding hydrogens is 337 g/mol. The molecule has 0 saturated carbocycles. The summed E-state index contributed by atoms with van der Waals surface area (Å²) in [5.41, 5.74) is 0.244. The zero-order valence-electron chi connectivity index (χ0n) is 15.0. The molecule has 2 aliphatic heterocycles. The maximum Gasteiger partial charge on any atom is 0.251 e. The van der Waals surface area contributed by atoms with E-state index < -0.39 is 17.9 Å². The number of fused-ring (bicyclic) bond motifs is 1. The number of nitrogens with one attached hydrogen (secondary N) is 2. The van der Waals surface area contributed by atoms with Crippen LogP contribution in [0.4, 0.5) is 4.39 Å². The standard InChI is InChI=1S/C19H24FN3O3/c1-11(2)8-15-19(26)23-7-6-14(10-16(23)18(25)22-15)21-17(24)12-4-3-5-13(20)9-12/h3-5,9,11,14-16H,6-8,10H2,1-2H3,(H,21,24)(H,22,25)/t14-,15+,16-/m0/s1. The number of hydrogen-bond donors (Lipinski definition) is 2. The Morgan fingerprint density at radius 3 is 2.85 bits per heavy atom. The summed E-state index contributed by atoms with van der Waals surface area (Å²) in [7, 11) is 0. The van der Waals surface area contributed by atoms with E-state index in [0.717, 1.165) is 0 Å². The Balaban J connectivity index is 1.64. The molecule has 3 atom stereocenters. The number of hydrogen-bond acceptors (Lipinski definition) is 3. The molecule has 0 aliphatic carbocycles. The number of rotatable bonds is 4. The Bertz CT molecular complexity index is 722. The van der Waals surface area contributed by atoms with Crippen molar-refractivity contribution in [2.75, 3.05) is 6.54 Å². The zero-order chi connectivity index (χ0) is 18.8. The highest BCUT2D eigenvalue weighted by Gasteiger charge is 2.44. The van der Waals surface area contributed by atoms with Crippen molar-refractivity contribution < 1.29 is 18.8 Å². The van der Waals surface area contributed by atoms with Gasteiger partial charge in [0.15, 0.2) is 0 Å². The minimum Gasteiger partial charge on any atom is -0.349 e. The molecular formula is C19H24FN3O3. The molecule has 7 heteroatoms. The number of halogens is 1. The van der Waals surface area contributed by atoms with E-state index in [2.05, 4.69) is 10.6 Å². The Morgan fingerprint density at radius 1 is 1.38 bits per heavy atom. The zero-order valence-corrected chi connectivity index (χ0v) is 15.0. The fraction of sp³-hybridized carbons (Fsp3) is 0.526. The highest BCUT2D eigenvalue weighted by atomic mass is 19.1. The topological polar surface area (TPSA) is 78.5 Å². The SMILES string of the molecule is CC(C)C[C@H]1NC(=O)[C@@H]2C[C@@H](NC(=O)c3cccc(F)c3)CCN2C1=O. The summed E-state index contributed by atoms with van der Waals surface area (Å²) in [5.74, 6) is -0.744. The van der Waals surface area contributed by atoms with E-state index in [1.807, 2.05) is 13.8 Å². The van der Waals surface area contributed by atoms with E-state index in [1.165, 1.54) is 18.2 Å². The van der Waals surface area contributed by atoms with Crippen molar-refractivity contribution in [3.05, 3.63) is 35.6 Å². The molecule has 1 aromatic rings. The predicted octanol–water partition coefficient (Wildman–Crippen LogP) is 1.46. The van der Waals surface area contributed by atoms with Crippen LogP contribution >= 0.6 is 0 Å². The minimum atomic E-state index is -0.558. The lowest BCUT2D eigenvalue weighted by Gasteiger charge is -2.44. The Morgan fingerprint density at radius 2 is 2.15 bits per heavy atom. The molecule has 0 aromatic heterocycles. The van der Waals surface area contributed by atoms with Gasteiger partial charge in [0.2, 0.25) is 11.8 Å². The van der Waals surface area contributed by atoms with Crippen molar-refractivity contribution in [2.24, 2.45) is 5.92 Å². The smallest absolute Gasteiger partial charge is 0.251 e. The van der Waals surface area contributed by atoms with Crippen molar-refractivity contribution in [1.29, 1.82) is 0 Å². The summed E-state index contributed by atoms with van der Waals surface area (Å²) in [6.07, 6.45) is 1.56. The third kappa shape index (κ3) is 3.86. The molecule has 3 amide bonds. The first kappa shape index (κ1) is 18.4. The molecule has 0 spiro atoms. The van der Waals surface area contributed by atoms with Gasteiger partial charge < -0.3 is 15.5 Å². The van der Waals surface area contributed by atoms with Gasteiger partial charge in [0.1, 0.15) is 17.9 Å². The summed E-state index contributed by atoms with van der Waals surface area (Å²) in [6.45, 7) is 4.46. The first-order valence-corrected chi connectivity index (χ1v) is 9.02. The number of benzene rings is 1. The van der Waals surface area contributed by atoms with Crippen LogP contribution in [0.15, 0.2) is 24.3 Å². The average molecular weight is 361 g/mol. The highest BCUT2D eigenvalue weighted by molar-refractivity contribution is 5.97. The molecule has 2 aliphatic rings. The van der Waals surface area contributed by atoms with Gasteiger partial charge in [-0.05, 0) is 43.4 Å². The van der Waals surface area contributed by atoms with Crippen molar-refractivity contribution in [3.8, 4) is 0 Å². The van der Waals surface area contributed by atoms with Gasteiger partial charge in [-0.1, -0.05) is 19.9 Å². The second kappa shape index (κ2) is 7.43. The Kier molecular flexibility index (Phi) is 5.25. The average Bonchev–Trinajstić information content (AvgIpc) is 2.59. The maximum absolute atomic E-state index is 13.3. The quantitative estimate of drug-likeness (QED) is 0.852. The van der Waals surface area contributed by atoms with Crippen LogP contribution in [0, 0.1) is 11.7 Å². The number of carbonyl (C=O) groups is 3. The molecule has 2 saturated heterocycles. The highest BCUT2D eigenvalue weighted by Crippen LogP contribution is 2.24. The lowest BCUT2D eigenvalue weighted by Crippen LogP contribution is -2.67. The van der Waals surface area contributed by atoms with Crippen LogP contribution < -0.4 is 10.6 Å². The Labute approximate surface area is 152 Å². The lowest BCUT2D eigenvalue weighted by atomic mass is 9.91. The number of piperazine rings is 1. The summed E-state index contributed by atoms with van der Waals surface area (Å²) >= 11 is 0. The van der Waals surface area contributed by atoms with Gasteiger partial charge in [0, 0.05) is 18.2 Å². The van der Waals surface area contributed by atoms with E-state index in [0.29, 0.717) is 31.7 Å². The largest absolute Gasteiger partial charge is 0.349 e. The molecule has 26 heavy (non-hydrogen) atoms. The van der Waals surface area contributed by atoms with E-state index in [1.54, 1.807) is 11.0 Å². The maximum atomic E-state index is 13.3. The summed E-state index contributed by atoms with van der Waals surface area (Å²) in [5, 5.41) is 5.67. The number of carbonyl (C=O) groups excluding carboxylic acids is 3. The van der Waals surface area contributed by atoms with Gasteiger partial charge in [-0.2, -0.15) is 0 Å². The molecule has 0 unspecified atom stereocenters. The first-order valence-electron chi connectivity index (χ1n) is 9.02. The van der Waals surface area contributed by atoms with Gasteiger partial charge >= 0.3 is 0 Å². The third-order valence-corrected chi connectivity index (χ3v) is 4.93. The van der Waals surface area contributed by atoms with Crippen molar-refractivity contribution >= 4 is 17.7 Å². The van der Waals surface area contributed by atoms with Crippen molar-refractivity contribution in [1.82, 2.24) is 15.5 Å². The summed E-state index contributed by atoms with van der Waals surface area (Å²) in [6, 6.07) is 4.23. The molecule has 2 fully saturated rings. The summed E-state index contributed by atoms with van der Waals surface area (Å²) in [4.78, 5) is 39.0. The molecule has 2 heterocycles. The minimum absolute atomic E-state index is 0.0433. The van der Waals surface area contributed by atoms with Gasteiger partial charge in [-0.15, -0.1) is 0 Å². The van der Waals surface area contributed by atoms with Gasteiger partial charge in [-0.3, -0.25) is 14.4 Å². The normalized spacial score (nSPS) is 25.7. The second-order valence-corrected chi connectivity index (χ2v) is 7.44. The van der Waals surface area contributed by atoms with Crippen LogP contribution in [0.2, 0.25) is 0 Å². The van der Waals surface area contributed by atoms with E-state index in [-0.39, 0.29) is 29.3 Å². The Hall–Kier alpha value is -2.44. The molecule has 2 N–H and O–H groups in total. The summed E-state index contributed by atoms with van der Waals surface area (Å²) < 4.78 is 13.3. The number of nitrogens with zero attached hydrogens (tertiary/aromatic N) is 1. The number of piperidine rings is 1. The molecule has 0 bridgehead atoms. The lowest BCUT2D eigenvalue weighted by molar-refractivity contribution is -0.152. The van der Waals surface area contributed by atoms with Crippen LogP contribution in [0.25, 0.3) is 0 Å². The molecule has 6 nitrogen and oxygen atoms in total. The molecule has 0 radical (unpaired) electrons. The van der Waals surface area contributed by atoms with Gasteiger partial charge in [0.25, 0.3) is 5.91 Å². The van der Waals surface area contributed by atoms with Crippen LogP contribution in [-0.2, 0) is 9.59 Å². The third-order valence-electron chi connectivity index (χ3n) is 4.93. The van der Waals surface area contributed by atoms with E-state index >= 15 is 0 Å². The molecule has 140 valence electrons. The van der Waals surface area contributed by atoms with E-state index in [4.69, 9.17) is 0 Å². The fourth-order valence-corrected chi connectivity index (χ4v) is 3.67. The van der Waals surface area contributed by atoms with Crippen LogP contribution in [0.5, 0.6) is 0 Å². The van der Waals surface area contributed by atoms with Gasteiger partial charge in [-0.25, -0.2) is 4.39 Å². The van der Waals surface area contributed by atoms with Gasteiger partial charge in [0.05, 0.1) is 0 Å². The van der Waals surface area contributed by atoms with Crippen LogP contribution in [0.1, 0.15) is 43.5 Å². The van der Waals surface area contributed by atoms with Crippen molar-refractivity contribution in [2.45, 2.75) is 51.2 Å². The molecule has 3 rings (SSSR count). The fourth-order valence-electron chi connectivity index (χ4n) is 3.67.